The standard InChI is InChI=1S/C26H28N6O/c1-2-23(19-6-4-3-5-7-19)32-24(33)13-8-20-18-28-26(30-25(20)32)29-21-9-11-22(12-10-21)31-16-14-27-15-17-31/h3-13,18,23,27H,2,14-17H2,1H3,(H,28,29,30). The molecule has 0 aliphatic carbocycles. The van der Waals surface area contributed by atoms with Crippen molar-refractivity contribution < 1.29 is 0 Å². The zero-order chi connectivity index (χ0) is 22.6. The van der Waals surface area contributed by atoms with E-state index in [1.807, 2.05) is 30.3 Å². The summed E-state index contributed by atoms with van der Waals surface area (Å²) in [6.45, 7) is 6.13. The second-order valence-electron chi connectivity index (χ2n) is 8.26. The van der Waals surface area contributed by atoms with Crippen LogP contribution in [0.3, 0.4) is 0 Å². The molecule has 3 heterocycles. The van der Waals surface area contributed by atoms with Gasteiger partial charge in [-0.1, -0.05) is 37.3 Å². The lowest BCUT2D eigenvalue weighted by Gasteiger charge is -2.29. The van der Waals surface area contributed by atoms with Gasteiger partial charge in [0.25, 0.3) is 5.56 Å². The Morgan fingerprint density at radius 2 is 1.76 bits per heavy atom. The van der Waals surface area contributed by atoms with Crippen molar-refractivity contribution in [3.63, 3.8) is 0 Å². The Hall–Kier alpha value is -3.71. The molecule has 2 N–H and O–H groups in total. The lowest BCUT2D eigenvalue weighted by Crippen LogP contribution is -2.43. The smallest absolute Gasteiger partial charge is 0.252 e. The Kier molecular flexibility index (Phi) is 6.04. The van der Waals surface area contributed by atoms with Gasteiger partial charge in [-0.05, 0) is 42.3 Å². The predicted molar refractivity (Wildman–Crippen MR) is 133 cm³/mol. The average molecular weight is 441 g/mol. The summed E-state index contributed by atoms with van der Waals surface area (Å²) in [5.41, 5.74) is 3.78. The molecule has 168 valence electrons. The SMILES string of the molecule is CCC(c1ccccc1)n1c(=O)ccc2cnc(Nc3ccc(N4CCNCC4)cc3)nc21. The molecule has 1 aliphatic rings. The summed E-state index contributed by atoms with van der Waals surface area (Å²) in [5.74, 6) is 0.472. The predicted octanol–water partition coefficient (Wildman–Crippen LogP) is 3.94. The van der Waals surface area contributed by atoms with E-state index in [2.05, 4.69) is 51.7 Å². The zero-order valence-electron chi connectivity index (χ0n) is 18.7. The largest absolute Gasteiger partial charge is 0.369 e. The van der Waals surface area contributed by atoms with E-state index in [4.69, 9.17) is 4.98 Å². The van der Waals surface area contributed by atoms with Crippen molar-refractivity contribution in [1.29, 1.82) is 0 Å². The molecule has 1 unspecified atom stereocenters. The maximum atomic E-state index is 12.9. The summed E-state index contributed by atoms with van der Waals surface area (Å²) in [6.07, 6.45) is 2.55. The second kappa shape index (κ2) is 9.42. The van der Waals surface area contributed by atoms with E-state index in [1.54, 1.807) is 22.9 Å². The molecule has 1 saturated heterocycles. The molecule has 0 saturated carbocycles. The summed E-state index contributed by atoms with van der Waals surface area (Å²) < 4.78 is 1.78. The third-order valence-corrected chi connectivity index (χ3v) is 6.16. The fraction of sp³-hybridized carbons (Fsp3) is 0.269. The van der Waals surface area contributed by atoms with Gasteiger partial charge in [-0.2, -0.15) is 4.98 Å². The van der Waals surface area contributed by atoms with Crippen molar-refractivity contribution in [2.45, 2.75) is 19.4 Å². The molecule has 1 atom stereocenters. The lowest BCUT2D eigenvalue weighted by atomic mass is 10.0. The monoisotopic (exact) mass is 440 g/mol. The number of nitrogens with zero attached hydrogens (tertiary/aromatic N) is 4. The van der Waals surface area contributed by atoms with Gasteiger partial charge >= 0.3 is 0 Å². The first kappa shape index (κ1) is 21.2. The van der Waals surface area contributed by atoms with Crippen LogP contribution in [0.2, 0.25) is 0 Å². The van der Waals surface area contributed by atoms with Crippen LogP contribution in [-0.2, 0) is 0 Å². The summed E-state index contributed by atoms with van der Waals surface area (Å²) in [5, 5.41) is 7.52. The first-order valence-electron chi connectivity index (χ1n) is 11.5. The minimum atomic E-state index is -0.0940. The highest BCUT2D eigenvalue weighted by molar-refractivity contribution is 5.76. The molecule has 0 amide bonds. The van der Waals surface area contributed by atoms with E-state index >= 15 is 0 Å². The number of aromatic nitrogens is 3. The summed E-state index contributed by atoms with van der Waals surface area (Å²) >= 11 is 0. The first-order valence-corrected chi connectivity index (χ1v) is 11.5. The van der Waals surface area contributed by atoms with Crippen molar-refractivity contribution in [3.8, 4) is 0 Å². The molecule has 7 nitrogen and oxygen atoms in total. The molecular formula is C26H28N6O. The van der Waals surface area contributed by atoms with Crippen molar-refractivity contribution in [3.05, 3.63) is 88.8 Å². The maximum absolute atomic E-state index is 12.9. The molecule has 0 spiro atoms. The highest BCUT2D eigenvalue weighted by Crippen LogP contribution is 2.25. The Morgan fingerprint density at radius 3 is 2.48 bits per heavy atom. The molecule has 5 rings (SSSR count). The summed E-state index contributed by atoms with van der Waals surface area (Å²) in [4.78, 5) is 24.6. The number of rotatable bonds is 6. The van der Waals surface area contributed by atoms with Crippen molar-refractivity contribution in [2.24, 2.45) is 0 Å². The highest BCUT2D eigenvalue weighted by Gasteiger charge is 2.17. The quantitative estimate of drug-likeness (QED) is 0.473. The number of anilines is 3. The van der Waals surface area contributed by atoms with Gasteiger partial charge in [-0.15, -0.1) is 0 Å². The van der Waals surface area contributed by atoms with Crippen LogP contribution in [0.15, 0.2) is 77.7 Å². The van der Waals surface area contributed by atoms with E-state index in [9.17, 15) is 4.79 Å². The van der Waals surface area contributed by atoms with Crippen molar-refractivity contribution in [2.75, 3.05) is 36.4 Å². The normalized spacial score (nSPS) is 14.9. The fourth-order valence-corrected chi connectivity index (χ4v) is 4.45. The number of pyridine rings is 1. The number of piperazine rings is 1. The second-order valence-corrected chi connectivity index (χ2v) is 8.26. The van der Waals surface area contributed by atoms with Gasteiger partial charge in [0.2, 0.25) is 5.95 Å². The topological polar surface area (TPSA) is 75.1 Å². The van der Waals surface area contributed by atoms with Crippen LogP contribution in [0.25, 0.3) is 11.0 Å². The average Bonchev–Trinajstić information content (AvgIpc) is 2.87. The fourth-order valence-electron chi connectivity index (χ4n) is 4.45. The highest BCUT2D eigenvalue weighted by atomic mass is 16.1. The Balaban J connectivity index is 1.46. The summed E-state index contributed by atoms with van der Waals surface area (Å²) in [6, 6.07) is 21.7. The number of hydrogen-bond donors (Lipinski definition) is 2. The minimum Gasteiger partial charge on any atom is -0.369 e. The summed E-state index contributed by atoms with van der Waals surface area (Å²) in [7, 11) is 0. The van der Waals surface area contributed by atoms with Gasteiger partial charge in [0.15, 0.2) is 0 Å². The molecular weight excluding hydrogens is 412 g/mol. The minimum absolute atomic E-state index is 0.0665. The van der Waals surface area contributed by atoms with E-state index in [0.29, 0.717) is 11.6 Å². The van der Waals surface area contributed by atoms with Gasteiger partial charge < -0.3 is 15.5 Å². The molecule has 1 aliphatic heterocycles. The lowest BCUT2D eigenvalue weighted by molar-refractivity contribution is 0.563. The molecule has 4 aromatic rings. The van der Waals surface area contributed by atoms with Gasteiger partial charge in [0.1, 0.15) is 5.65 Å². The molecule has 1 fully saturated rings. The van der Waals surface area contributed by atoms with Gasteiger partial charge in [0, 0.05) is 55.2 Å². The van der Waals surface area contributed by atoms with Gasteiger partial charge in [0.05, 0.1) is 6.04 Å². The van der Waals surface area contributed by atoms with E-state index in [0.717, 1.165) is 49.2 Å². The van der Waals surface area contributed by atoms with Crippen LogP contribution >= 0.6 is 0 Å². The Bertz CT molecular complexity index is 1280. The van der Waals surface area contributed by atoms with Crippen LogP contribution in [-0.4, -0.2) is 40.7 Å². The Morgan fingerprint density at radius 1 is 1.00 bits per heavy atom. The third kappa shape index (κ3) is 4.45. The molecule has 33 heavy (non-hydrogen) atoms. The number of fused-ring (bicyclic) bond motifs is 1. The van der Waals surface area contributed by atoms with Crippen LogP contribution in [0, 0.1) is 0 Å². The maximum Gasteiger partial charge on any atom is 0.252 e. The molecule has 0 radical (unpaired) electrons. The molecule has 2 aromatic heterocycles. The van der Waals surface area contributed by atoms with Crippen molar-refractivity contribution in [1.82, 2.24) is 19.9 Å². The van der Waals surface area contributed by atoms with Gasteiger partial charge in [-0.25, -0.2) is 4.98 Å². The van der Waals surface area contributed by atoms with E-state index in [1.165, 1.54) is 5.69 Å². The number of hydrogen-bond acceptors (Lipinski definition) is 6. The van der Waals surface area contributed by atoms with Crippen LogP contribution in [0.5, 0.6) is 0 Å². The van der Waals surface area contributed by atoms with Crippen molar-refractivity contribution >= 4 is 28.4 Å². The van der Waals surface area contributed by atoms with Crippen LogP contribution < -0.4 is 21.1 Å². The third-order valence-electron chi connectivity index (χ3n) is 6.16. The van der Waals surface area contributed by atoms with E-state index < -0.39 is 0 Å². The van der Waals surface area contributed by atoms with Gasteiger partial charge in [-0.3, -0.25) is 9.36 Å². The first-order chi connectivity index (χ1) is 16.2. The number of nitrogens with one attached hydrogen (secondary N) is 2. The van der Waals surface area contributed by atoms with Crippen LogP contribution in [0.1, 0.15) is 24.9 Å². The Labute approximate surface area is 193 Å². The molecule has 0 bridgehead atoms. The molecule has 7 heteroatoms. The van der Waals surface area contributed by atoms with E-state index in [-0.39, 0.29) is 11.6 Å². The van der Waals surface area contributed by atoms with Crippen LogP contribution in [0.4, 0.5) is 17.3 Å². The zero-order valence-corrected chi connectivity index (χ0v) is 18.7. The molecule has 2 aromatic carbocycles. The number of benzene rings is 2.